The molecule has 1 fully saturated rings. The van der Waals surface area contributed by atoms with Gasteiger partial charge in [0.25, 0.3) is 11.6 Å². The van der Waals surface area contributed by atoms with Crippen molar-refractivity contribution in [2.75, 3.05) is 25.9 Å². The van der Waals surface area contributed by atoms with Gasteiger partial charge in [0.15, 0.2) is 0 Å². The van der Waals surface area contributed by atoms with Gasteiger partial charge in [-0.25, -0.2) is 0 Å². The molecule has 0 aliphatic carbocycles. The Balaban J connectivity index is 1.72. The second kappa shape index (κ2) is 9.05. The first-order valence-electron chi connectivity index (χ1n) is 8.98. The molecule has 2 heterocycles. The van der Waals surface area contributed by atoms with Crippen LogP contribution in [0.25, 0.3) is 0 Å². The lowest BCUT2D eigenvalue weighted by Crippen LogP contribution is -2.40. The molecule has 1 amide bonds. The van der Waals surface area contributed by atoms with Gasteiger partial charge in [-0.05, 0) is 56.5 Å². The molecule has 1 saturated heterocycles. The summed E-state index contributed by atoms with van der Waals surface area (Å²) in [7, 11) is 0. The molecule has 8 heteroatoms. The van der Waals surface area contributed by atoms with Crippen LogP contribution in [0, 0.1) is 10.1 Å². The smallest absolute Gasteiger partial charge is 0.283 e. The van der Waals surface area contributed by atoms with Gasteiger partial charge >= 0.3 is 0 Å². The first-order chi connectivity index (χ1) is 13.1. The second-order valence-corrected chi connectivity index (χ2v) is 7.33. The summed E-state index contributed by atoms with van der Waals surface area (Å²) < 4.78 is 5.58. The lowest BCUT2D eigenvalue weighted by molar-refractivity contribution is -0.387. The molecule has 0 unspecified atom stereocenters. The third kappa shape index (κ3) is 4.70. The second-order valence-electron chi connectivity index (χ2n) is 6.48. The molecule has 0 radical (unpaired) electrons. The van der Waals surface area contributed by atoms with Crippen LogP contribution in [0.15, 0.2) is 45.9 Å². The molecule has 0 spiro atoms. The number of benzene rings is 1. The Morgan fingerprint density at radius 3 is 2.74 bits per heavy atom. The van der Waals surface area contributed by atoms with E-state index in [1.54, 1.807) is 24.7 Å². The minimum absolute atomic E-state index is 0.0373. The van der Waals surface area contributed by atoms with Gasteiger partial charge in [-0.15, -0.1) is 11.8 Å². The molecular formula is C19H23N3O4S. The van der Waals surface area contributed by atoms with Crippen molar-refractivity contribution in [3.05, 3.63) is 58.0 Å². The van der Waals surface area contributed by atoms with Gasteiger partial charge in [0, 0.05) is 18.2 Å². The predicted molar refractivity (Wildman–Crippen MR) is 104 cm³/mol. The number of carbonyl (C=O) groups excluding carboxylic acids is 1. The molecule has 144 valence electrons. The van der Waals surface area contributed by atoms with Crippen molar-refractivity contribution in [2.45, 2.75) is 30.2 Å². The van der Waals surface area contributed by atoms with E-state index in [2.05, 4.69) is 10.2 Å². The summed E-state index contributed by atoms with van der Waals surface area (Å²) in [6.07, 6.45) is 6.90. The average molecular weight is 389 g/mol. The fourth-order valence-corrected chi connectivity index (χ4v) is 3.93. The van der Waals surface area contributed by atoms with Crippen molar-refractivity contribution in [1.29, 1.82) is 0 Å². The fraction of sp³-hybridized carbons (Fsp3) is 0.421. The molecule has 0 bridgehead atoms. The van der Waals surface area contributed by atoms with Gasteiger partial charge in [0.05, 0.1) is 22.1 Å². The number of amides is 1. The van der Waals surface area contributed by atoms with Crippen LogP contribution in [-0.4, -0.2) is 41.6 Å². The maximum Gasteiger partial charge on any atom is 0.283 e. The topological polar surface area (TPSA) is 88.6 Å². The predicted octanol–water partition coefficient (Wildman–Crippen LogP) is 3.87. The summed E-state index contributed by atoms with van der Waals surface area (Å²) >= 11 is 1.29. The molecular weight excluding hydrogens is 366 g/mol. The van der Waals surface area contributed by atoms with E-state index in [1.807, 2.05) is 12.1 Å². The third-order valence-electron chi connectivity index (χ3n) is 4.80. The zero-order chi connectivity index (χ0) is 19.2. The third-order valence-corrected chi connectivity index (χ3v) is 5.58. The van der Waals surface area contributed by atoms with Gasteiger partial charge in [-0.2, -0.15) is 0 Å². The number of likely N-dealkylation sites (tertiary alicyclic amines) is 1. The number of hydrogen-bond donors (Lipinski definition) is 1. The summed E-state index contributed by atoms with van der Waals surface area (Å²) in [6, 6.07) is 8.31. The van der Waals surface area contributed by atoms with E-state index in [0.29, 0.717) is 11.4 Å². The van der Waals surface area contributed by atoms with Gasteiger partial charge in [0.2, 0.25) is 0 Å². The summed E-state index contributed by atoms with van der Waals surface area (Å²) in [5.41, 5.74) is 0.241. The maximum atomic E-state index is 12.6. The van der Waals surface area contributed by atoms with Crippen molar-refractivity contribution in [3.8, 4) is 0 Å². The number of furan rings is 1. The monoisotopic (exact) mass is 389 g/mol. The number of carbonyl (C=O) groups is 1. The fourth-order valence-electron chi connectivity index (χ4n) is 3.39. The Labute approximate surface area is 162 Å². The molecule has 27 heavy (non-hydrogen) atoms. The molecule has 1 atom stereocenters. The van der Waals surface area contributed by atoms with Crippen LogP contribution in [0.1, 0.15) is 41.4 Å². The van der Waals surface area contributed by atoms with E-state index in [9.17, 15) is 14.9 Å². The quantitative estimate of drug-likeness (QED) is 0.439. The Hall–Kier alpha value is -2.32. The molecule has 1 N–H and O–H groups in total. The van der Waals surface area contributed by atoms with Gasteiger partial charge < -0.3 is 9.73 Å². The summed E-state index contributed by atoms with van der Waals surface area (Å²) in [5, 5.41) is 14.1. The average Bonchev–Trinajstić information content (AvgIpc) is 3.22. The highest BCUT2D eigenvalue weighted by molar-refractivity contribution is 7.98. The first kappa shape index (κ1) is 19.4. The summed E-state index contributed by atoms with van der Waals surface area (Å²) in [4.78, 5) is 26.2. The Morgan fingerprint density at radius 2 is 2.11 bits per heavy atom. The Bertz CT molecular complexity index is 788. The maximum absolute atomic E-state index is 12.6. The van der Waals surface area contributed by atoms with Crippen LogP contribution in [-0.2, 0) is 0 Å². The highest BCUT2D eigenvalue weighted by Gasteiger charge is 2.25. The van der Waals surface area contributed by atoms with E-state index in [0.717, 1.165) is 31.7 Å². The number of rotatable bonds is 7. The van der Waals surface area contributed by atoms with Crippen LogP contribution in [0.3, 0.4) is 0 Å². The lowest BCUT2D eigenvalue weighted by atomic mass is 10.1. The number of thioether (sulfide) groups is 1. The minimum atomic E-state index is -0.456. The summed E-state index contributed by atoms with van der Waals surface area (Å²) in [6.45, 7) is 2.33. The number of nitro groups is 1. The Kier molecular flexibility index (Phi) is 6.52. The lowest BCUT2D eigenvalue weighted by Gasteiger charge is -2.33. The van der Waals surface area contributed by atoms with Crippen LogP contribution < -0.4 is 5.32 Å². The van der Waals surface area contributed by atoms with Crippen molar-refractivity contribution in [2.24, 2.45) is 0 Å². The van der Waals surface area contributed by atoms with Gasteiger partial charge in [0.1, 0.15) is 5.76 Å². The highest BCUT2D eigenvalue weighted by Crippen LogP contribution is 2.28. The standard InChI is InChI=1S/C19H23N3O4S/c1-27-18-8-7-14(12-15(18)22(24)25)19(23)20-13-16(17-6-5-11-26-17)21-9-3-2-4-10-21/h5-8,11-12,16H,2-4,9-10,13H2,1H3,(H,20,23)/t16-/m0/s1. The minimum Gasteiger partial charge on any atom is -0.468 e. The normalized spacial score (nSPS) is 16.0. The zero-order valence-corrected chi connectivity index (χ0v) is 16.0. The number of nitro benzene ring substituents is 1. The van der Waals surface area contributed by atoms with Crippen molar-refractivity contribution in [1.82, 2.24) is 10.2 Å². The molecule has 1 aromatic heterocycles. The SMILES string of the molecule is CSc1ccc(C(=O)NC[C@@H](c2ccco2)N2CCCCC2)cc1[N+](=O)[O-]. The molecule has 2 aromatic rings. The van der Waals surface area contributed by atoms with Gasteiger partial charge in [-0.1, -0.05) is 6.42 Å². The Morgan fingerprint density at radius 1 is 1.33 bits per heavy atom. The van der Waals surface area contributed by atoms with E-state index in [-0.39, 0.29) is 23.2 Å². The number of nitrogens with one attached hydrogen (secondary N) is 1. The molecule has 7 nitrogen and oxygen atoms in total. The van der Waals surface area contributed by atoms with E-state index in [1.165, 1.54) is 24.2 Å². The largest absolute Gasteiger partial charge is 0.468 e. The van der Waals surface area contributed by atoms with Crippen LogP contribution in [0.4, 0.5) is 5.69 Å². The van der Waals surface area contributed by atoms with E-state index >= 15 is 0 Å². The molecule has 1 aliphatic rings. The number of hydrogen-bond acceptors (Lipinski definition) is 6. The van der Waals surface area contributed by atoms with Crippen LogP contribution in [0.5, 0.6) is 0 Å². The molecule has 1 aromatic carbocycles. The van der Waals surface area contributed by atoms with Crippen LogP contribution in [0.2, 0.25) is 0 Å². The van der Waals surface area contributed by atoms with E-state index in [4.69, 9.17) is 4.42 Å². The number of nitrogens with zero attached hydrogens (tertiary/aromatic N) is 2. The van der Waals surface area contributed by atoms with E-state index < -0.39 is 4.92 Å². The number of piperidine rings is 1. The summed E-state index contributed by atoms with van der Waals surface area (Å²) in [5.74, 6) is 0.500. The first-order valence-corrected chi connectivity index (χ1v) is 10.2. The van der Waals surface area contributed by atoms with Crippen molar-refractivity contribution < 1.29 is 14.1 Å². The highest BCUT2D eigenvalue weighted by atomic mass is 32.2. The van der Waals surface area contributed by atoms with Crippen molar-refractivity contribution in [3.63, 3.8) is 0 Å². The molecule has 0 saturated carbocycles. The van der Waals surface area contributed by atoms with Crippen LogP contribution >= 0.6 is 11.8 Å². The van der Waals surface area contributed by atoms with Gasteiger partial charge in [-0.3, -0.25) is 19.8 Å². The molecule has 3 rings (SSSR count). The zero-order valence-electron chi connectivity index (χ0n) is 15.2. The van der Waals surface area contributed by atoms with Crippen molar-refractivity contribution >= 4 is 23.4 Å². The molecule has 1 aliphatic heterocycles.